The molecule has 0 radical (unpaired) electrons. The van der Waals surface area contributed by atoms with Crippen LogP contribution in [0.1, 0.15) is 32.3 Å². The van der Waals surface area contributed by atoms with Gasteiger partial charge in [-0.2, -0.15) is 0 Å². The summed E-state index contributed by atoms with van der Waals surface area (Å²) in [4.78, 5) is 1.81. The van der Waals surface area contributed by atoms with Crippen LogP contribution in [-0.2, 0) is 6.61 Å². The average molecular weight is 255 g/mol. The summed E-state index contributed by atoms with van der Waals surface area (Å²) in [5, 5.41) is 8.93. The van der Waals surface area contributed by atoms with Crippen LogP contribution in [0.5, 0.6) is 0 Å². The third kappa shape index (κ3) is 2.48. The third-order valence-corrected chi connectivity index (χ3v) is 3.66. The Balaban J connectivity index is 2.37. The van der Waals surface area contributed by atoms with Crippen molar-refractivity contribution in [2.24, 2.45) is 5.92 Å². The number of aliphatic hydroxyl groups excluding tert-OH is 1. The largest absolute Gasteiger partial charge is 0.392 e. The molecule has 1 aliphatic heterocycles. The topological polar surface area (TPSA) is 23.5 Å². The lowest BCUT2D eigenvalue weighted by Gasteiger charge is -2.38. The lowest BCUT2D eigenvalue weighted by molar-refractivity contribution is 0.280. The Morgan fingerprint density at radius 2 is 1.83 bits per heavy atom. The van der Waals surface area contributed by atoms with Gasteiger partial charge in [-0.05, 0) is 43.4 Å². The van der Waals surface area contributed by atoms with Gasteiger partial charge in [-0.15, -0.1) is 0 Å². The Morgan fingerprint density at radius 3 is 2.39 bits per heavy atom. The Labute approximate surface area is 106 Å². The predicted octanol–water partition coefficient (Wildman–Crippen LogP) is 3.08. The van der Waals surface area contributed by atoms with Crippen LogP contribution in [0.4, 0.5) is 14.5 Å². The zero-order valence-electron chi connectivity index (χ0n) is 10.8. The maximum absolute atomic E-state index is 14.0. The molecule has 1 aromatic carbocycles. The van der Waals surface area contributed by atoms with Crippen molar-refractivity contribution in [3.63, 3.8) is 0 Å². The lowest BCUT2D eigenvalue weighted by Crippen LogP contribution is -2.42. The van der Waals surface area contributed by atoms with E-state index in [1.165, 1.54) is 12.1 Å². The van der Waals surface area contributed by atoms with Crippen molar-refractivity contribution in [2.45, 2.75) is 39.3 Å². The normalized spacial score (nSPS) is 24.4. The summed E-state index contributed by atoms with van der Waals surface area (Å²) >= 11 is 0. The third-order valence-electron chi connectivity index (χ3n) is 3.66. The standard InChI is InChI=1S/C14H19F2NO/c1-9-3-4-10(2)17(7-9)14-12(15)5-11(8-18)6-13(14)16/h5-6,9-10,18H,3-4,7-8H2,1-2H3. The van der Waals surface area contributed by atoms with Crippen molar-refractivity contribution in [3.8, 4) is 0 Å². The quantitative estimate of drug-likeness (QED) is 0.878. The first kappa shape index (κ1) is 13.3. The van der Waals surface area contributed by atoms with Gasteiger partial charge in [0.2, 0.25) is 0 Å². The van der Waals surface area contributed by atoms with Crippen LogP contribution in [-0.4, -0.2) is 17.7 Å². The van der Waals surface area contributed by atoms with Crippen molar-refractivity contribution in [3.05, 3.63) is 29.3 Å². The number of rotatable bonds is 2. The summed E-state index contributed by atoms with van der Waals surface area (Å²) in [6, 6.07) is 2.57. The Hall–Kier alpha value is -1.16. The van der Waals surface area contributed by atoms with Gasteiger partial charge in [0.15, 0.2) is 0 Å². The summed E-state index contributed by atoms with van der Waals surface area (Å²) in [6.45, 7) is 4.41. The van der Waals surface area contributed by atoms with E-state index in [4.69, 9.17) is 5.11 Å². The van der Waals surface area contributed by atoms with Crippen LogP contribution in [0.25, 0.3) is 0 Å². The number of anilines is 1. The summed E-state index contributed by atoms with van der Waals surface area (Å²) in [6.07, 6.45) is 2.04. The minimum absolute atomic E-state index is 0.0475. The van der Waals surface area contributed by atoms with Gasteiger partial charge in [0.1, 0.15) is 17.3 Å². The molecule has 1 N–H and O–H groups in total. The molecule has 1 aromatic rings. The summed E-state index contributed by atoms with van der Waals surface area (Å²) in [7, 11) is 0. The molecule has 0 bridgehead atoms. The number of hydrogen-bond acceptors (Lipinski definition) is 2. The number of halogens is 2. The second-order valence-corrected chi connectivity index (χ2v) is 5.25. The number of benzene rings is 1. The average Bonchev–Trinajstić information content (AvgIpc) is 2.32. The molecule has 0 aromatic heterocycles. The molecule has 0 aliphatic carbocycles. The van der Waals surface area contributed by atoms with Crippen LogP contribution in [0, 0.1) is 17.6 Å². The molecule has 0 amide bonds. The molecule has 4 heteroatoms. The van der Waals surface area contributed by atoms with E-state index in [0.29, 0.717) is 12.5 Å². The molecule has 1 heterocycles. The molecular formula is C14H19F2NO. The maximum atomic E-state index is 14.0. The van der Waals surface area contributed by atoms with Gasteiger partial charge in [0, 0.05) is 12.6 Å². The van der Waals surface area contributed by atoms with E-state index in [1.54, 1.807) is 4.90 Å². The summed E-state index contributed by atoms with van der Waals surface area (Å²) in [5.41, 5.74) is 0.317. The molecule has 2 rings (SSSR count). The Bertz CT molecular complexity index is 413. The predicted molar refractivity (Wildman–Crippen MR) is 67.5 cm³/mol. The minimum atomic E-state index is -0.583. The smallest absolute Gasteiger partial charge is 0.149 e. The fourth-order valence-corrected chi connectivity index (χ4v) is 2.58. The highest BCUT2D eigenvalue weighted by atomic mass is 19.1. The molecule has 18 heavy (non-hydrogen) atoms. The second-order valence-electron chi connectivity index (χ2n) is 5.25. The maximum Gasteiger partial charge on any atom is 0.149 e. The molecular weight excluding hydrogens is 236 g/mol. The van der Waals surface area contributed by atoms with Gasteiger partial charge in [0.25, 0.3) is 0 Å². The van der Waals surface area contributed by atoms with E-state index < -0.39 is 11.6 Å². The highest BCUT2D eigenvalue weighted by molar-refractivity contribution is 5.52. The highest BCUT2D eigenvalue weighted by Gasteiger charge is 2.27. The van der Waals surface area contributed by atoms with Crippen LogP contribution in [0.15, 0.2) is 12.1 Å². The summed E-state index contributed by atoms with van der Waals surface area (Å²) in [5.74, 6) is -0.725. The van der Waals surface area contributed by atoms with Gasteiger partial charge < -0.3 is 10.0 Å². The van der Waals surface area contributed by atoms with Crippen LogP contribution < -0.4 is 4.90 Å². The van der Waals surface area contributed by atoms with Gasteiger partial charge in [-0.3, -0.25) is 0 Å². The molecule has 1 aliphatic rings. The van der Waals surface area contributed by atoms with E-state index in [1.807, 2.05) is 6.92 Å². The minimum Gasteiger partial charge on any atom is -0.392 e. The van der Waals surface area contributed by atoms with E-state index in [2.05, 4.69) is 6.92 Å². The van der Waals surface area contributed by atoms with Crippen molar-refractivity contribution in [1.82, 2.24) is 0 Å². The van der Waals surface area contributed by atoms with Crippen LogP contribution >= 0.6 is 0 Å². The van der Waals surface area contributed by atoms with Gasteiger partial charge in [-0.1, -0.05) is 6.92 Å². The fraction of sp³-hybridized carbons (Fsp3) is 0.571. The lowest BCUT2D eigenvalue weighted by atomic mass is 9.94. The number of aliphatic hydroxyl groups is 1. The molecule has 1 saturated heterocycles. The van der Waals surface area contributed by atoms with Crippen LogP contribution in [0.3, 0.4) is 0 Å². The molecule has 0 spiro atoms. The van der Waals surface area contributed by atoms with Gasteiger partial charge in [-0.25, -0.2) is 8.78 Å². The van der Waals surface area contributed by atoms with E-state index in [-0.39, 0.29) is 23.9 Å². The van der Waals surface area contributed by atoms with Crippen molar-refractivity contribution < 1.29 is 13.9 Å². The van der Waals surface area contributed by atoms with E-state index in [0.717, 1.165) is 12.8 Å². The van der Waals surface area contributed by atoms with Gasteiger partial charge in [0.05, 0.1) is 6.61 Å². The zero-order valence-corrected chi connectivity index (χ0v) is 10.8. The number of hydrogen-bond donors (Lipinski definition) is 1. The molecule has 1 fully saturated rings. The SMILES string of the molecule is CC1CCC(C)N(c2c(F)cc(CO)cc2F)C1. The monoisotopic (exact) mass is 255 g/mol. The van der Waals surface area contributed by atoms with Gasteiger partial charge >= 0.3 is 0 Å². The first-order valence-corrected chi connectivity index (χ1v) is 6.38. The first-order chi connectivity index (χ1) is 8.52. The van der Waals surface area contributed by atoms with Crippen molar-refractivity contribution >= 4 is 5.69 Å². The number of nitrogens with zero attached hydrogens (tertiary/aromatic N) is 1. The Morgan fingerprint density at radius 1 is 1.22 bits per heavy atom. The fourth-order valence-electron chi connectivity index (χ4n) is 2.58. The van der Waals surface area contributed by atoms with Crippen molar-refractivity contribution in [2.75, 3.05) is 11.4 Å². The molecule has 2 unspecified atom stereocenters. The molecule has 2 nitrogen and oxygen atoms in total. The summed E-state index contributed by atoms with van der Waals surface area (Å²) < 4.78 is 28.0. The van der Waals surface area contributed by atoms with E-state index in [9.17, 15) is 8.78 Å². The molecule has 0 saturated carbocycles. The molecule has 100 valence electrons. The second kappa shape index (κ2) is 5.22. The first-order valence-electron chi connectivity index (χ1n) is 6.38. The van der Waals surface area contributed by atoms with Crippen molar-refractivity contribution in [1.29, 1.82) is 0 Å². The molecule has 2 atom stereocenters. The van der Waals surface area contributed by atoms with Crippen LogP contribution in [0.2, 0.25) is 0 Å². The zero-order chi connectivity index (χ0) is 13.3. The highest BCUT2D eigenvalue weighted by Crippen LogP contribution is 2.32. The number of piperidine rings is 1. The van der Waals surface area contributed by atoms with E-state index >= 15 is 0 Å². The Kier molecular flexibility index (Phi) is 3.85.